The molecule has 1 unspecified atom stereocenters. The Morgan fingerprint density at radius 3 is 2.37 bits per heavy atom. The van der Waals surface area contributed by atoms with Gasteiger partial charge < -0.3 is 9.64 Å². The van der Waals surface area contributed by atoms with Gasteiger partial charge in [-0.05, 0) is 46.8 Å². The van der Waals surface area contributed by atoms with Crippen molar-refractivity contribution in [2.24, 2.45) is 0 Å². The second-order valence-electron chi connectivity index (χ2n) is 11.6. The second kappa shape index (κ2) is 10.6. The van der Waals surface area contributed by atoms with Crippen LogP contribution in [0.15, 0.2) is 40.4 Å². The number of ether oxygens (including phenoxy) is 1. The van der Waals surface area contributed by atoms with Crippen molar-refractivity contribution in [3.63, 3.8) is 0 Å². The first kappa shape index (κ1) is 29.4. The van der Waals surface area contributed by atoms with Gasteiger partial charge in [-0.2, -0.15) is 18.2 Å². The number of piperazine rings is 1. The number of aromatic nitrogens is 4. The molecule has 2 aliphatic heterocycles. The Morgan fingerprint density at radius 2 is 1.78 bits per heavy atom. The van der Waals surface area contributed by atoms with Gasteiger partial charge in [0.1, 0.15) is 11.4 Å². The van der Waals surface area contributed by atoms with Gasteiger partial charge in [0.2, 0.25) is 0 Å². The van der Waals surface area contributed by atoms with Crippen LogP contribution in [0, 0.1) is 0 Å². The molecule has 14 heteroatoms. The van der Waals surface area contributed by atoms with Gasteiger partial charge in [-0.3, -0.25) is 19.4 Å². The van der Waals surface area contributed by atoms with Crippen molar-refractivity contribution >= 4 is 43.6 Å². The van der Waals surface area contributed by atoms with E-state index in [9.17, 15) is 22.8 Å². The Labute approximate surface area is 242 Å². The number of rotatable bonds is 2. The van der Waals surface area contributed by atoms with E-state index in [4.69, 9.17) is 15.4 Å². The van der Waals surface area contributed by atoms with E-state index >= 15 is 0 Å². The Hall–Kier alpha value is -3.06. The molecule has 41 heavy (non-hydrogen) atoms. The van der Waals surface area contributed by atoms with E-state index in [2.05, 4.69) is 15.0 Å². The van der Waals surface area contributed by atoms with Crippen molar-refractivity contribution in [1.82, 2.24) is 24.4 Å². The van der Waals surface area contributed by atoms with E-state index in [1.165, 1.54) is 17.0 Å². The monoisotopic (exact) mass is 612 g/mol. The van der Waals surface area contributed by atoms with Crippen LogP contribution >= 0.6 is 20.8 Å². The SMILES string of the molecule is C[C@@H]1CN(c2nc(=O)n3c4c(cc(C(F)(F)F)cc24)[SH](Cl)C[C@H](c2cnccn2)C3)C[C@H](C)N1C(=O)OC(C)(C)C. The van der Waals surface area contributed by atoms with Crippen LogP contribution < -0.4 is 10.6 Å². The van der Waals surface area contributed by atoms with Crippen LogP contribution in [0.4, 0.5) is 23.8 Å². The zero-order valence-corrected chi connectivity index (χ0v) is 25.0. The van der Waals surface area contributed by atoms with Gasteiger partial charge in [0.15, 0.2) is 0 Å². The summed E-state index contributed by atoms with van der Waals surface area (Å²) in [6, 6.07) is 1.39. The maximum absolute atomic E-state index is 14.2. The lowest BCUT2D eigenvalue weighted by Gasteiger charge is -2.45. The van der Waals surface area contributed by atoms with Gasteiger partial charge in [-0.1, -0.05) is 10.7 Å². The molecule has 222 valence electrons. The Balaban J connectivity index is 1.63. The molecule has 0 bridgehead atoms. The third-order valence-electron chi connectivity index (χ3n) is 7.23. The summed E-state index contributed by atoms with van der Waals surface area (Å²) in [7, 11) is 5.26. The zero-order chi connectivity index (χ0) is 29.9. The number of hydrogen-bond acceptors (Lipinski definition) is 7. The summed E-state index contributed by atoms with van der Waals surface area (Å²) in [6.07, 6.45) is -0.466. The van der Waals surface area contributed by atoms with E-state index in [-0.39, 0.29) is 53.7 Å². The molecular weight excluding hydrogens is 581 g/mol. The Bertz CT molecular complexity index is 1520. The van der Waals surface area contributed by atoms with E-state index in [0.29, 0.717) is 17.0 Å². The summed E-state index contributed by atoms with van der Waals surface area (Å²) in [5, 5.41) is 0.201. The minimum absolute atomic E-state index is 0.147. The number of hydrogen-bond donors (Lipinski definition) is 1. The van der Waals surface area contributed by atoms with Crippen LogP contribution in [-0.2, 0) is 17.5 Å². The van der Waals surface area contributed by atoms with Crippen molar-refractivity contribution in [3.05, 3.63) is 52.5 Å². The minimum atomic E-state index is -4.64. The molecule has 0 N–H and O–H groups in total. The number of halogens is 4. The predicted octanol–water partition coefficient (Wildman–Crippen LogP) is 5.35. The van der Waals surface area contributed by atoms with Crippen molar-refractivity contribution in [3.8, 4) is 0 Å². The molecule has 5 rings (SSSR count). The highest BCUT2D eigenvalue weighted by atomic mass is 35.7. The van der Waals surface area contributed by atoms with E-state index in [1.54, 1.807) is 36.8 Å². The molecule has 1 aromatic carbocycles. The number of carbonyl (C=O) groups is 1. The molecule has 3 aromatic rings. The summed E-state index contributed by atoms with van der Waals surface area (Å²) in [4.78, 5) is 43.0. The number of carbonyl (C=O) groups excluding carboxylic acids is 1. The van der Waals surface area contributed by atoms with Crippen molar-refractivity contribution in [1.29, 1.82) is 0 Å². The van der Waals surface area contributed by atoms with Gasteiger partial charge in [0.05, 0.1) is 28.9 Å². The number of amides is 1. The van der Waals surface area contributed by atoms with Crippen molar-refractivity contribution < 1.29 is 22.7 Å². The van der Waals surface area contributed by atoms with Crippen LogP contribution in [-0.4, -0.2) is 67.0 Å². The highest BCUT2D eigenvalue weighted by molar-refractivity contribution is 8.36. The lowest BCUT2D eigenvalue weighted by Crippen LogP contribution is -2.59. The molecule has 4 atom stereocenters. The largest absolute Gasteiger partial charge is 0.444 e. The number of benzene rings is 1. The smallest absolute Gasteiger partial charge is 0.416 e. The molecule has 9 nitrogen and oxygen atoms in total. The van der Waals surface area contributed by atoms with Gasteiger partial charge in [0, 0.05) is 60.2 Å². The molecule has 2 aromatic heterocycles. The van der Waals surface area contributed by atoms with Crippen LogP contribution in [0.3, 0.4) is 0 Å². The summed E-state index contributed by atoms with van der Waals surface area (Å²) in [5.41, 5.74) is -1.16. The number of anilines is 1. The average molecular weight is 613 g/mol. The van der Waals surface area contributed by atoms with Crippen LogP contribution in [0.1, 0.15) is 51.8 Å². The molecule has 0 radical (unpaired) electrons. The first-order valence-electron chi connectivity index (χ1n) is 13.3. The molecule has 4 heterocycles. The molecule has 1 amide bonds. The summed E-state index contributed by atoms with van der Waals surface area (Å²) in [6.45, 7) is 9.67. The standard InChI is InChI=1S/C27H32ClF3N6O3S/c1-15-11-35(12-16(2)37(15)25(39)40-26(3,4)5)23-19-8-18(27(29,30)31)9-21-22(19)36(24(38)34-23)13-17(14-41(21)28)20-10-32-6-7-33-20/h6-10,15-17,41H,11-14H2,1-5H3/t15-,16+,17-/m1/s1. The fraction of sp³-hybridized carbons (Fsp3) is 0.519. The predicted molar refractivity (Wildman–Crippen MR) is 153 cm³/mol. The third-order valence-corrected chi connectivity index (χ3v) is 9.82. The van der Waals surface area contributed by atoms with Crippen molar-refractivity contribution in [2.45, 2.75) is 75.8 Å². The summed E-state index contributed by atoms with van der Waals surface area (Å²) in [5.74, 6) is 0.139. The second-order valence-corrected chi connectivity index (χ2v) is 14.4. The topological polar surface area (TPSA) is 93.5 Å². The highest BCUT2D eigenvalue weighted by Gasteiger charge is 2.39. The maximum Gasteiger partial charge on any atom is 0.416 e. The lowest BCUT2D eigenvalue weighted by molar-refractivity contribution is -0.137. The normalized spacial score (nSPS) is 24.3. The Kier molecular flexibility index (Phi) is 7.64. The molecule has 0 aliphatic carbocycles. The lowest BCUT2D eigenvalue weighted by atomic mass is 10.1. The molecule has 0 spiro atoms. The van der Waals surface area contributed by atoms with Gasteiger partial charge in [-0.15, -0.1) is 10.1 Å². The number of alkyl halides is 3. The minimum Gasteiger partial charge on any atom is -0.444 e. The van der Waals surface area contributed by atoms with Gasteiger partial charge >= 0.3 is 18.0 Å². The highest BCUT2D eigenvalue weighted by Crippen LogP contribution is 2.51. The molecule has 0 saturated carbocycles. The molecule has 1 fully saturated rings. The fourth-order valence-electron chi connectivity index (χ4n) is 5.59. The van der Waals surface area contributed by atoms with E-state index in [1.807, 2.05) is 13.8 Å². The molecular formula is C27H32ClF3N6O3S. The first-order chi connectivity index (χ1) is 19.1. The van der Waals surface area contributed by atoms with E-state index < -0.39 is 39.2 Å². The fourth-order valence-corrected chi connectivity index (χ4v) is 8.11. The third kappa shape index (κ3) is 5.83. The summed E-state index contributed by atoms with van der Waals surface area (Å²) >= 11 is 0. The maximum atomic E-state index is 14.2. The zero-order valence-electron chi connectivity index (χ0n) is 23.3. The van der Waals surface area contributed by atoms with Gasteiger partial charge in [0.25, 0.3) is 0 Å². The van der Waals surface area contributed by atoms with Crippen LogP contribution in [0.5, 0.6) is 0 Å². The van der Waals surface area contributed by atoms with Crippen molar-refractivity contribution in [2.75, 3.05) is 23.7 Å². The summed E-state index contributed by atoms with van der Waals surface area (Å²) < 4.78 is 49.5. The molecule has 1 saturated heterocycles. The quantitative estimate of drug-likeness (QED) is 0.390. The average Bonchev–Trinajstić information content (AvgIpc) is 3.02. The number of nitrogens with zero attached hydrogens (tertiary/aromatic N) is 6. The first-order valence-corrected chi connectivity index (χ1v) is 15.7. The van der Waals surface area contributed by atoms with Crippen LogP contribution in [0.25, 0.3) is 10.9 Å². The number of thiol groups is 1. The Morgan fingerprint density at radius 1 is 1.10 bits per heavy atom. The molecule has 2 aliphatic rings. The van der Waals surface area contributed by atoms with E-state index in [0.717, 1.165) is 12.1 Å². The van der Waals surface area contributed by atoms with Crippen LogP contribution in [0.2, 0.25) is 0 Å². The van der Waals surface area contributed by atoms with Gasteiger partial charge in [-0.25, -0.2) is 9.59 Å².